The summed E-state index contributed by atoms with van der Waals surface area (Å²) in [5, 5.41) is 10.2. The molecule has 0 bridgehead atoms. The van der Waals surface area contributed by atoms with Crippen molar-refractivity contribution in [1.82, 2.24) is 9.55 Å². The molecule has 0 amide bonds. The highest BCUT2D eigenvalue weighted by Gasteiger charge is 2.16. The molecular weight excluding hydrogens is 264 g/mol. The van der Waals surface area contributed by atoms with E-state index in [4.69, 9.17) is 5.11 Å². The number of nitrogens with zero attached hydrogens (tertiary/aromatic N) is 2. The second-order valence-corrected chi connectivity index (χ2v) is 5.06. The van der Waals surface area contributed by atoms with Gasteiger partial charge in [0.05, 0.1) is 22.5 Å². The molecule has 4 heteroatoms. The Morgan fingerprint density at radius 3 is 3.00 bits per heavy atom. The quantitative estimate of drug-likeness (QED) is 0.740. The van der Waals surface area contributed by atoms with Crippen LogP contribution < -0.4 is 0 Å². The molecule has 21 heavy (non-hydrogen) atoms. The summed E-state index contributed by atoms with van der Waals surface area (Å²) in [6, 6.07) is 11.3. The monoisotopic (exact) mass is 276 g/mol. The molecule has 0 fully saturated rings. The van der Waals surface area contributed by atoms with Crippen molar-refractivity contribution in [2.24, 2.45) is 0 Å². The van der Waals surface area contributed by atoms with Crippen LogP contribution in [0.3, 0.4) is 0 Å². The van der Waals surface area contributed by atoms with Crippen molar-refractivity contribution in [3.05, 3.63) is 59.9 Å². The minimum atomic E-state index is -0.910. The Bertz CT molecular complexity index is 906. The van der Waals surface area contributed by atoms with Crippen LogP contribution in [0, 0.1) is 0 Å². The van der Waals surface area contributed by atoms with Crippen LogP contribution in [-0.2, 0) is 6.42 Å². The highest BCUT2D eigenvalue weighted by molar-refractivity contribution is 5.96. The molecule has 4 rings (SSSR count). The number of aromatic nitrogens is 2. The van der Waals surface area contributed by atoms with Gasteiger partial charge in [0.1, 0.15) is 0 Å². The Kier molecular flexibility index (Phi) is 2.44. The normalized spacial score (nSPS) is 12.8. The molecule has 0 saturated carbocycles. The molecule has 0 saturated heterocycles. The molecule has 3 aromatic rings. The van der Waals surface area contributed by atoms with Gasteiger partial charge in [0.15, 0.2) is 0 Å². The van der Waals surface area contributed by atoms with E-state index in [1.165, 1.54) is 0 Å². The van der Waals surface area contributed by atoms with Crippen LogP contribution in [0.15, 0.2) is 48.7 Å². The molecule has 0 unspecified atom stereocenters. The van der Waals surface area contributed by atoms with Gasteiger partial charge in [0.25, 0.3) is 0 Å². The zero-order valence-electron chi connectivity index (χ0n) is 11.2. The van der Waals surface area contributed by atoms with E-state index in [-0.39, 0.29) is 0 Å². The maximum absolute atomic E-state index is 11.2. The third-order valence-electron chi connectivity index (χ3n) is 3.82. The SMILES string of the molecule is O=C(O)c1ccc2cc3n(c2c1)C=CCc1ncccc1-3. The fourth-order valence-corrected chi connectivity index (χ4v) is 2.83. The number of rotatable bonds is 1. The number of fused-ring (bicyclic) bond motifs is 5. The van der Waals surface area contributed by atoms with Crippen LogP contribution in [0.2, 0.25) is 0 Å². The van der Waals surface area contributed by atoms with Crippen LogP contribution in [0.1, 0.15) is 16.1 Å². The van der Waals surface area contributed by atoms with Gasteiger partial charge in [-0.1, -0.05) is 12.1 Å². The predicted octanol–water partition coefficient (Wildman–Crippen LogP) is 3.43. The third-order valence-corrected chi connectivity index (χ3v) is 3.82. The summed E-state index contributed by atoms with van der Waals surface area (Å²) in [6.45, 7) is 0. The van der Waals surface area contributed by atoms with E-state index in [1.54, 1.807) is 18.3 Å². The molecule has 1 aromatic carbocycles. The summed E-state index contributed by atoms with van der Waals surface area (Å²) >= 11 is 0. The van der Waals surface area contributed by atoms with Gasteiger partial charge in [-0.15, -0.1) is 0 Å². The third kappa shape index (κ3) is 1.76. The Morgan fingerprint density at radius 1 is 1.24 bits per heavy atom. The minimum absolute atomic E-state index is 0.299. The van der Waals surface area contributed by atoms with Crippen molar-refractivity contribution in [2.45, 2.75) is 6.42 Å². The van der Waals surface area contributed by atoms with E-state index in [0.717, 1.165) is 34.3 Å². The van der Waals surface area contributed by atoms with Gasteiger partial charge < -0.3 is 9.67 Å². The zero-order chi connectivity index (χ0) is 14.4. The largest absolute Gasteiger partial charge is 0.478 e. The van der Waals surface area contributed by atoms with E-state index < -0.39 is 5.97 Å². The lowest BCUT2D eigenvalue weighted by molar-refractivity contribution is 0.0697. The summed E-state index contributed by atoms with van der Waals surface area (Å²) < 4.78 is 2.04. The van der Waals surface area contributed by atoms with Gasteiger partial charge in [-0.05, 0) is 30.3 Å². The lowest BCUT2D eigenvalue weighted by Crippen LogP contribution is -1.96. The molecule has 3 heterocycles. The van der Waals surface area contributed by atoms with E-state index in [2.05, 4.69) is 23.2 Å². The molecule has 0 radical (unpaired) electrons. The number of pyridine rings is 1. The van der Waals surface area contributed by atoms with Crippen molar-refractivity contribution in [2.75, 3.05) is 0 Å². The van der Waals surface area contributed by atoms with Crippen LogP contribution in [0.4, 0.5) is 0 Å². The summed E-state index contributed by atoms with van der Waals surface area (Å²) in [6.07, 6.45) is 6.62. The number of allylic oxidation sites excluding steroid dienone is 1. The second kappa shape index (κ2) is 4.31. The second-order valence-electron chi connectivity index (χ2n) is 5.06. The number of carboxylic acid groups (broad SMARTS) is 1. The molecule has 1 N–H and O–H groups in total. The lowest BCUT2D eigenvalue weighted by atomic mass is 10.1. The Morgan fingerprint density at radius 2 is 2.14 bits per heavy atom. The molecule has 0 atom stereocenters. The number of aromatic carboxylic acids is 1. The standard InChI is InChI=1S/C17H12N2O2/c20-17(21)12-6-5-11-9-16-13-3-1-7-18-14(13)4-2-8-19(16)15(11)10-12/h1-3,5-10H,4H2,(H,20,21). The number of hydrogen-bond acceptors (Lipinski definition) is 2. The summed E-state index contributed by atoms with van der Waals surface area (Å²) in [7, 11) is 0. The van der Waals surface area contributed by atoms with Gasteiger partial charge in [-0.2, -0.15) is 0 Å². The number of hydrogen-bond donors (Lipinski definition) is 1. The molecule has 1 aliphatic heterocycles. The predicted molar refractivity (Wildman–Crippen MR) is 81.2 cm³/mol. The van der Waals surface area contributed by atoms with E-state index >= 15 is 0 Å². The number of benzene rings is 1. The number of carboxylic acids is 1. The molecule has 102 valence electrons. The van der Waals surface area contributed by atoms with Crippen molar-refractivity contribution in [3.63, 3.8) is 0 Å². The first-order chi connectivity index (χ1) is 10.2. The minimum Gasteiger partial charge on any atom is -0.478 e. The van der Waals surface area contributed by atoms with E-state index in [9.17, 15) is 4.79 Å². The number of carbonyl (C=O) groups is 1. The maximum atomic E-state index is 11.2. The van der Waals surface area contributed by atoms with Crippen LogP contribution in [0.5, 0.6) is 0 Å². The van der Waals surface area contributed by atoms with Crippen LogP contribution in [0.25, 0.3) is 28.4 Å². The molecular formula is C17H12N2O2. The van der Waals surface area contributed by atoms with Gasteiger partial charge in [0, 0.05) is 29.8 Å². The van der Waals surface area contributed by atoms with Crippen molar-refractivity contribution < 1.29 is 9.90 Å². The van der Waals surface area contributed by atoms with Crippen LogP contribution in [-0.4, -0.2) is 20.6 Å². The summed E-state index contributed by atoms with van der Waals surface area (Å²) in [4.78, 5) is 15.6. The average Bonchev–Trinajstić information content (AvgIpc) is 2.75. The molecule has 2 aromatic heterocycles. The molecule has 4 nitrogen and oxygen atoms in total. The van der Waals surface area contributed by atoms with Crippen molar-refractivity contribution in [1.29, 1.82) is 0 Å². The van der Waals surface area contributed by atoms with E-state index in [1.807, 2.05) is 22.9 Å². The van der Waals surface area contributed by atoms with E-state index in [0.29, 0.717) is 5.56 Å². The van der Waals surface area contributed by atoms with Crippen molar-refractivity contribution >= 4 is 23.1 Å². The highest BCUT2D eigenvalue weighted by atomic mass is 16.4. The first kappa shape index (κ1) is 11.9. The first-order valence-electron chi connectivity index (χ1n) is 6.73. The molecule has 0 spiro atoms. The molecule has 0 aliphatic carbocycles. The zero-order valence-corrected chi connectivity index (χ0v) is 11.2. The Balaban J connectivity index is 2.06. The smallest absolute Gasteiger partial charge is 0.335 e. The lowest BCUT2D eigenvalue weighted by Gasteiger charge is -2.06. The van der Waals surface area contributed by atoms with Gasteiger partial charge in [0.2, 0.25) is 0 Å². The topological polar surface area (TPSA) is 55.1 Å². The average molecular weight is 276 g/mol. The first-order valence-corrected chi connectivity index (χ1v) is 6.73. The Labute approximate surface area is 121 Å². The van der Waals surface area contributed by atoms with Crippen LogP contribution >= 0.6 is 0 Å². The van der Waals surface area contributed by atoms with Gasteiger partial charge in [-0.25, -0.2) is 4.79 Å². The highest BCUT2D eigenvalue weighted by Crippen LogP contribution is 2.32. The fraction of sp³-hybridized carbons (Fsp3) is 0.0588. The fourth-order valence-electron chi connectivity index (χ4n) is 2.83. The van der Waals surface area contributed by atoms with Gasteiger partial charge in [-0.3, -0.25) is 4.98 Å². The maximum Gasteiger partial charge on any atom is 0.335 e. The Hall–Kier alpha value is -2.88. The van der Waals surface area contributed by atoms with Crippen molar-refractivity contribution in [3.8, 4) is 11.3 Å². The molecule has 1 aliphatic rings. The summed E-state index contributed by atoms with van der Waals surface area (Å²) in [5.41, 5.74) is 4.37. The van der Waals surface area contributed by atoms with Gasteiger partial charge >= 0.3 is 5.97 Å². The summed E-state index contributed by atoms with van der Waals surface area (Å²) in [5.74, 6) is -0.910.